The number of para-hydroxylation sites is 1. The summed E-state index contributed by atoms with van der Waals surface area (Å²) in [5.41, 5.74) is 2.11. The largest absolute Gasteiger partial charge is 0.372 e. The first kappa shape index (κ1) is 17.6. The van der Waals surface area contributed by atoms with Crippen molar-refractivity contribution >= 4 is 23.5 Å². The van der Waals surface area contributed by atoms with Gasteiger partial charge in [0.25, 0.3) is 0 Å². The highest BCUT2D eigenvalue weighted by Crippen LogP contribution is 2.21. The molecule has 2 atom stereocenters. The molecule has 1 aromatic carbocycles. The maximum atomic E-state index is 12.6. The molecule has 0 spiro atoms. The molecule has 0 aromatic heterocycles. The summed E-state index contributed by atoms with van der Waals surface area (Å²) < 4.78 is 5.71. The van der Waals surface area contributed by atoms with Crippen molar-refractivity contribution in [3.8, 4) is 0 Å². The van der Waals surface area contributed by atoms with Gasteiger partial charge in [-0.05, 0) is 25.5 Å². The summed E-state index contributed by atoms with van der Waals surface area (Å²) in [4.78, 5) is 17.0. The fourth-order valence-corrected chi connectivity index (χ4v) is 4.30. The number of thioether (sulfide) groups is 1. The predicted octanol–water partition coefficient (Wildman–Crippen LogP) is 2.88. The first-order valence-corrected chi connectivity index (χ1v) is 9.86. The van der Waals surface area contributed by atoms with Crippen molar-refractivity contribution in [3.05, 3.63) is 29.8 Å². The molecule has 132 valence electrons. The highest BCUT2D eigenvalue weighted by molar-refractivity contribution is 7.99. The Bertz CT molecular complexity index is 553. The van der Waals surface area contributed by atoms with E-state index in [0.717, 1.165) is 25.3 Å². The Morgan fingerprint density at radius 1 is 1.21 bits per heavy atom. The number of urea groups is 1. The Morgan fingerprint density at radius 2 is 1.88 bits per heavy atom. The number of rotatable bonds is 3. The number of amides is 2. The van der Waals surface area contributed by atoms with Gasteiger partial charge in [0.15, 0.2) is 0 Å². The van der Waals surface area contributed by atoms with Crippen LogP contribution in [-0.4, -0.2) is 65.7 Å². The fourth-order valence-electron chi connectivity index (χ4n) is 3.32. The first-order chi connectivity index (χ1) is 11.6. The molecule has 3 rings (SSSR count). The van der Waals surface area contributed by atoms with Gasteiger partial charge < -0.3 is 15.0 Å². The van der Waals surface area contributed by atoms with Crippen LogP contribution in [-0.2, 0) is 11.3 Å². The number of hydrogen-bond acceptors (Lipinski definition) is 4. The van der Waals surface area contributed by atoms with Crippen molar-refractivity contribution in [2.24, 2.45) is 0 Å². The van der Waals surface area contributed by atoms with Gasteiger partial charge in [-0.25, -0.2) is 4.79 Å². The lowest BCUT2D eigenvalue weighted by molar-refractivity contribution is -0.0530. The van der Waals surface area contributed by atoms with E-state index in [-0.39, 0.29) is 18.2 Å². The van der Waals surface area contributed by atoms with Gasteiger partial charge in [0, 0.05) is 49.9 Å². The summed E-state index contributed by atoms with van der Waals surface area (Å²) >= 11 is 2.01. The van der Waals surface area contributed by atoms with Crippen molar-refractivity contribution in [1.82, 2.24) is 9.80 Å². The van der Waals surface area contributed by atoms with E-state index >= 15 is 0 Å². The van der Waals surface area contributed by atoms with Crippen LogP contribution in [0.4, 0.5) is 10.5 Å². The zero-order valence-electron chi connectivity index (χ0n) is 14.5. The molecule has 2 amide bonds. The molecular weight excluding hydrogens is 322 g/mol. The van der Waals surface area contributed by atoms with Crippen LogP contribution in [0.3, 0.4) is 0 Å². The van der Waals surface area contributed by atoms with E-state index in [1.807, 2.05) is 48.7 Å². The van der Waals surface area contributed by atoms with Crippen LogP contribution in [0.2, 0.25) is 0 Å². The predicted molar refractivity (Wildman–Crippen MR) is 99.6 cm³/mol. The number of carbonyl (C=O) groups excluding carboxylic acids is 1. The molecule has 2 heterocycles. The van der Waals surface area contributed by atoms with Gasteiger partial charge in [0.2, 0.25) is 0 Å². The van der Waals surface area contributed by atoms with Crippen LogP contribution < -0.4 is 5.32 Å². The van der Waals surface area contributed by atoms with E-state index < -0.39 is 0 Å². The number of nitrogens with zero attached hydrogens (tertiary/aromatic N) is 2. The van der Waals surface area contributed by atoms with Crippen LogP contribution in [0.1, 0.15) is 19.4 Å². The van der Waals surface area contributed by atoms with Crippen molar-refractivity contribution in [2.45, 2.75) is 32.6 Å². The van der Waals surface area contributed by atoms with Gasteiger partial charge in [0.1, 0.15) is 0 Å². The molecule has 2 saturated heterocycles. The standard InChI is InChI=1S/C18H27N3O2S/c1-14-11-21(12-15(2)23-14)18(22)19-17-6-4-3-5-16(17)13-20-7-9-24-10-8-20/h3-6,14-15H,7-13H2,1-2H3,(H,19,22)/t14-,15+. The third kappa shape index (κ3) is 4.65. The molecule has 6 heteroatoms. The number of anilines is 1. The maximum Gasteiger partial charge on any atom is 0.322 e. The molecule has 1 N–H and O–H groups in total. The quantitative estimate of drug-likeness (QED) is 0.911. The molecular formula is C18H27N3O2S. The van der Waals surface area contributed by atoms with Crippen molar-refractivity contribution in [3.63, 3.8) is 0 Å². The summed E-state index contributed by atoms with van der Waals surface area (Å²) in [6.07, 6.45) is 0.168. The topological polar surface area (TPSA) is 44.8 Å². The van der Waals surface area contributed by atoms with Crippen molar-refractivity contribution in [2.75, 3.05) is 43.0 Å². The Morgan fingerprint density at radius 3 is 2.58 bits per heavy atom. The molecule has 0 saturated carbocycles. The van der Waals surface area contributed by atoms with Crippen LogP contribution in [0.25, 0.3) is 0 Å². The second-order valence-corrected chi connectivity index (χ2v) is 7.86. The summed E-state index contributed by atoms with van der Waals surface area (Å²) in [5, 5.41) is 3.11. The third-order valence-corrected chi connectivity index (χ3v) is 5.41. The number of benzene rings is 1. The first-order valence-electron chi connectivity index (χ1n) is 8.71. The normalized spacial score (nSPS) is 25.5. The minimum absolute atomic E-state index is 0.0290. The molecule has 1 aromatic rings. The molecule has 2 aliphatic rings. The maximum absolute atomic E-state index is 12.6. The molecule has 0 aliphatic carbocycles. The van der Waals surface area contributed by atoms with Gasteiger partial charge in [-0.2, -0.15) is 11.8 Å². The third-order valence-electron chi connectivity index (χ3n) is 4.46. The smallest absolute Gasteiger partial charge is 0.322 e. The lowest BCUT2D eigenvalue weighted by Crippen LogP contribution is -2.49. The summed E-state index contributed by atoms with van der Waals surface area (Å²) in [6.45, 7) is 8.43. The van der Waals surface area contributed by atoms with E-state index in [0.29, 0.717) is 13.1 Å². The Balaban J connectivity index is 1.64. The Hall–Kier alpha value is -1.24. The summed E-state index contributed by atoms with van der Waals surface area (Å²) in [6, 6.07) is 8.11. The van der Waals surface area contributed by atoms with Crippen LogP contribution >= 0.6 is 11.8 Å². The monoisotopic (exact) mass is 349 g/mol. The Kier molecular flexibility index (Phi) is 6.03. The van der Waals surface area contributed by atoms with Crippen LogP contribution in [0, 0.1) is 0 Å². The molecule has 0 unspecified atom stereocenters. The van der Waals surface area contributed by atoms with E-state index in [2.05, 4.69) is 16.3 Å². The highest BCUT2D eigenvalue weighted by Gasteiger charge is 2.26. The molecule has 0 radical (unpaired) electrons. The summed E-state index contributed by atoms with van der Waals surface area (Å²) in [5.74, 6) is 2.39. The van der Waals surface area contributed by atoms with Gasteiger partial charge in [0.05, 0.1) is 12.2 Å². The van der Waals surface area contributed by atoms with Crippen LogP contribution in [0.5, 0.6) is 0 Å². The minimum Gasteiger partial charge on any atom is -0.372 e. The molecule has 2 fully saturated rings. The highest BCUT2D eigenvalue weighted by atomic mass is 32.2. The van der Waals surface area contributed by atoms with Crippen molar-refractivity contribution in [1.29, 1.82) is 0 Å². The zero-order valence-corrected chi connectivity index (χ0v) is 15.3. The molecule has 0 bridgehead atoms. The average molecular weight is 350 g/mol. The fraction of sp³-hybridized carbons (Fsp3) is 0.611. The molecule has 2 aliphatic heterocycles. The lowest BCUT2D eigenvalue weighted by atomic mass is 10.1. The SMILES string of the molecule is C[C@@H]1CN(C(=O)Nc2ccccc2CN2CCSCC2)C[C@H](C)O1. The van der Waals surface area contributed by atoms with Crippen molar-refractivity contribution < 1.29 is 9.53 Å². The molecule has 24 heavy (non-hydrogen) atoms. The van der Waals surface area contributed by atoms with Gasteiger partial charge >= 0.3 is 6.03 Å². The van der Waals surface area contributed by atoms with E-state index in [1.54, 1.807) is 0 Å². The second-order valence-electron chi connectivity index (χ2n) is 6.64. The second kappa shape index (κ2) is 8.23. The minimum atomic E-state index is -0.0290. The zero-order chi connectivity index (χ0) is 16.9. The molecule has 5 nitrogen and oxygen atoms in total. The summed E-state index contributed by atoms with van der Waals surface area (Å²) in [7, 11) is 0. The van der Waals surface area contributed by atoms with Gasteiger partial charge in [-0.3, -0.25) is 4.90 Å². The lowest BCUT2D eigenvalue weighted by Gasteiger charge is -2.35. The number of ether oxygens (including phenoxy) is 1. The number of hydrogen-bond donors (Lipinski definition) is 1. The Labute approximate surface area is 148 Å². The number of carbonyl (C=O) groups is 1. The van der Waals surface area contributed by atoms with Gasteiger partial charge in [-0.15, -0.1) is 0 Å². The van der Waals surface area contributed by atoms with E-state index in [4.69, 9.17) is 4.74 Å². The van der Waals surface area contributed by atoms with E-state index in [1.165, 1.54) is 17.1 Å². The number of nitrogens with one attached hydrogen (secondary N) is 1. The number of morpholine rings is 1. The average Bonchev–Trinajstić information content (AvgIpc) is 2.56. The van der Waals surface area contributed by atoms with E-state index in [9.17, 15) is 4.79 Å². The van der Waals surface area contributed by atoms with Gasteiger partial charge in [-0.1, -0.05) is 18.2 Å². The van der Waals surface area contributed by atoms with Crippen LogP contribution in [0.15, 0.2) is 24.3 Å².